The number of rotatable bonds is 7. The van der Waals surface area contributed by atoms with Gasteiger partial charge in [0, 0.05) is 15.4 Å². The Morgan fingerprint density at radius 2 is 1.79 bits per heavy atom. The van der Waals surface area contributed by atoms with Crippen LogP contribution in [-0.4, -0.2) is 22.0 Å². The number of carboxylic acid groups (broad SMARTS) is 1. The molecule has 0 atom stereocenters. The van der Waals surface area contributed by atoms with Gasteiger partial charge in [0.15, 0.2) is 5.75 Å². The first-order valence-corrected chi connectivity index (χ1v) is 11.2. The number of fused-ring (bicyclic) bond motifs is 1. The van der Waals surface area contributed by atoms with Gasteiger partial charge in [-0.15, -0.1) is 0 Å². The van der Waals surface area contributed by atoms with Crippen molar-refractivity contribution < 1.29 is 19.4 Å². The largest absolute Gasteiger partial charge is 0.478 e. The van der Waals surface area contributed by atoms with Crippen molar-refractivity contribution in [3.8, 4) is 22.6 Å². The van der Waals surface area contributed by atoms with Crippen LogP contribution in [0.25, 0.3) is 22.0 Å². The smallest absolute Gasteiger partial charge is 0.340 e. The Bertz CT molecular complexity index is 1370. The van der Waals surface area contributed by atoms with Gasteiger partial charge in [0.2, 0.25) is 5.91 Å². The molecule has 7 heteroatoms. The lowest BCUT2D eigenvalue weighted by molar-refractivity contribution is 0.0695. The molecule has 4 aromatic rings. The summed E-state index contributed by atoms with van der Waals surface area (Å²) in [7, 11) is 0. The highest BCUT2D eigenvalue weighted by Crippen LogP contribution is 2.36. The molecule has 4 rings (SSSR count). The van der Waals surface area contributed by atoms with Crippen molar-refractivity contribution in [2.75, 3.05) is 0 Å². The zero-order valence-electron chi connectivity index (χ0n) is 17.8. The summed E-state index contributed by atoms with van der Waals surface area (Å²) in [5, 5.41) is 10.5. The number of amides is 1. The molecule has 0 aliphatic carbocycles. The molecule has 1 heterocycles. The maximum atomic E-state index is 12.3. The maximum Gasteiger partial charge on any atom is 0.340 e. The number of primary amides is 1. The number of pyridine rings is 1. The number of carbonyl (C=O) groups excluding carboxylic acids is 1. The Balaban J connectivity index is 1.79. The zero-order valence-corrected chi connectivity index (χ0v) is 19.4. The van der Waals surface area contributed by atoms with Gasteiger partial charge >= 0.3 is 5.97 Å². The SMILES string of the molecule is CCCc1nc2ccc(Br)cc2c(C(=O)O)c1Oc1ccc(-c2ccccc2C(N)=O)cc1. The molecular weight excluding hydrogens is 484 g/mol. The second kappa shape index (κ2) is 9.42. The number of ether oxygens (including phenoxy) is 1. The minimum absolute atomic E-state index is 0.0768. The maximum absolute atomic E-state index is 12.3. The summed E-state index contributed by atoms with van der Waals surface area (Å²) < 4.78 is 6.88. The first-order valence-electron chi connectivity index (χ1n) is 10.4. The van der Waals surface area contributed by atoms with Crippen LogP contribution >= 0.6 is 15.9 Å². The van der Waals surface area contributed by atoms with Gasteiger partial charge in [-0.05, 0) is 53.9 Å². The lowest BCUT2D eigenvalue weighted by atomic mass is 9.99. The van der Waals surface area contributed by atoms with E-state index in [1.165, 1.54) is 0 Å². The van der Waals surface area contributed by atoms with Crippen LogP contribution in [0.15, 0.2) is 71.2 Å². The van der Waals surface area contributed by atoms with Crippen molar-refractivity contribution in [3.63, 3.8) is 0 Å². The highest BCUT2D eigenvalue weighted by atomic mass is 79.9. The first kappa shape index (κ1) is 22.5. The zero-order chi connectivity index (χ0) is 23.5. The van der Waals surface area contributed by atoms with Crippen LogP contribution in [0.1, 0.15) is 39.8 Å². The molecular formula is C26H21BrN2O4. The van der Waals surface area contributed by atoms with Crippen LogP contribution in [0.4, 0.5) is 0 Å². The predicted octanol–water partition coefficient (Wildman–Crippen LogP) is 6.21. The van der Waals surface area contributed by atoms with Crippen LogP contribution < -0.4 is 10.5 Å². The normalized spacial score (nSPS) is 10.8. The second-order valence-corrected chi connectivity index (χ2v) is 8.43. The molecule has 0 fully saturated rings. The van der Waals surface area contributed by atoms with E-state index < -0.39 is 11.9 Å². The predicted molar refractivity (Wildman–Crippen MR) is 131 cm³/mol. The lowest BCUT2D eigenvalue weighted by Gasteiger charge is -2.16. The second-order valence-electron chi connectivity index (χ2n) is 7.52. The number of nitrogens with two attached hydrogens (primary N) is 1. The fraction of sp³-hybridized carbons (Fsp3) is 0.115. The molecule has 0 aliphatic heterocycles. The third-order valence-corrected chi connectivity index (χ3v) is 5.74. The van der Waals surface area contributed by atoms with E-state index >= 15 is 0 Å². The minimum atomic E-state index is -1.08. The van der Waals surface area contributed by atoms with Crippen molar-refractivity contribution in [2.24, 2.45) is 5.73 Å². The van der Waals surface area contributed by atoms with E-state index in [9.17, 15) is 14.7 Å². The number of nitrogens with zero attached hydrogens (tertiary/aromatic N) is 1. The van der Waals surface area contributed by atoms with Gasteiger partial charge in [-0.1, -0.05) is 59.6 Å². The van der Waals surface area contributed by atoms with Gasteiger partial charge < -0.3 is 15.6 Å². The van der Waals surface area contributed by atoms with Gasteiger partial charge in [-0.25, -0.2) is 9.78 Å². The lowest BCUT2D eigenvalue weighted by Crippen LogP contribution is -2.12. The Labute approximate surface area is 199 Å². The van der Waals surface area contributed by atoms with Crippen LogP contribution in [0, 0.1) is 0 Å². The van der Waals surface area contributed by atoms with Crippen molar-refractivity contribution >= 4 is 38.7 Å². The van der Waals surface area contributed by atoms with E-state index in [-0.39, 0.29) is 11.3 Å². The van der Waals surface area contributed by atoms with Crippen LogP contribution in [0.3, 0.4) is 0 Å². The quantitative estimate of drug-likeness (QED) is 0.311. The third kappa shape index (κ3) is 4.59. The average Bonchev–Trinajstić information content (AvgIpc) is 2.80. The highest BCUT2D eigenvalue weighted by molar-refractivity contribution is 9.10. The summed E-state index contributed by atoms with van der Waals surface area (Å²) in [6.45, 7) is 2.00. The molecule has 33 heavy (non-hydrogen) atoms. The fourth-order valence-electron chi connectivity index (χ4n) is 3.77. The van der Waals surface area contributed by atoms with Crippen molar-refractivity contribution in [3.05, 3.63) is 88.0 Å². The van der Waals surface area contributed by atoms with Gasteiger partial charge in [-0.2, -0.15) is 0 Å². The number of carbonyl (C=O) groups is 2. The van der Waals surface area contributed by atoms with Gasteiger partial charge in [0.25, 0.3) is 0 Å². The van der Waals surface area contributed by atoms with E-state index in [4.69, 9.17) is 10.5 Å². The van der Waals surface area contributed by atoms with E-state index in [1.54, 1.807) is 36.4 Å². The molecule has 0 unspecified atom stereocenters. The van der Waals surface area contributed by atoms with Gasteiger partial charge in [0.05, 0.1) is 11.2 Å². The molecule has 0 saturated heterocycles. The third-order valence-electron chi connectivity index (χ3n) is 5.25. The number of benzene rings is 3. The molecule has 1 aromatic heterocycles. The molecule has 0 bridgehead atoms. The summed E-state index contributed by atoms with van der Waals surface area (Å²) in [5.41, 5.74) is 8.70. The standard InChI is InChI=1S/C26H21BrN2O4/c1-2-5-22-24(23(26(31)32)20-14-16(27)10-13-21(20)29-22)33-17-11-8-15(9-12-17)18-6-3-4-7-19(18)25(28)30/h3-4,6-14H,2,5H2,1H3,(H2,28,30)(H,31,32). The molecule has 3 N–H and O–H groups in total. The molecule has 0 radical (unpaired) electrons. The van der Waals surface area contributed by atoms with Crippen molar-refractivity contribution in [1.29, 1.82) is 0 Å². The summed E-state index contributed by atoms with van der Waals surface area (Å²) >= 11 is 3.41. The van der Waals surface area contributed by atoms with E-state index in [0.29, 0.717) is 39.9 Å². The van der Waals surface area contributed by atoms with Crippen LogP contribution in [0.5, 0.6) is 11.5 Å². The Hall–Kier alpha value is -3.71. The highest BCUT2D eigenvalue weighted by Gasteiger charge is 2.22. The van der Waals surface area contributed by atoms with Gasteiger partial charge in [0.1, 0.15) is 11.3 Å². The monoisotopic (exact) mass is 504 g/mol. The molecule has 3 aromatic carbocycles. The number of carboxylic acids is 1. The van der Waals surface area contributed by atoms with E-state index in [0.717, 1.165) is 16.5 Å². The summed E-state index contributed by atoms with van der Waals surface area (Å²) in [6.07, 6.45) is 1.36. The molecule has 6 nitrogen and oxygen atoms in total. The number of aromatic nitrogens is 1. The molecule has 0 aliphatic rings. The number of aryl methyl sites for hydroxylation is 1. The van der Waals surface area contributed by atoms with Crippen LogP contribution in [-0.2, 0) is 6.42 Å². The Morgan fingerprint density at radius 1 is 1.06 bits per heavy atom. The topological polar surface area (TPSA) is 103 Å². The number of hydrogen-bond donors (Lipinski definition) is 2. The molecule has 0 spiro atoms. The summed E-state index contributed by atoms with van der Waals surface area (Å²) in [6, 6.07) is 19.5. The van der Waals surface area contributed by atoms with Crippen molar-refractivity contribution in [2.45, 2.75) is 19.8 Å². The Morgan fingerprint density at radius 3 is 2.45 bits per heavy atom. The minimum Gasteiger partial charge on any atom is -0.478 e. The first-order chi connectivity index (χ1) is 15.9. The summed E-state index contributed by atoms with van der Waals surface area (Å²) in [5.74, 6) is -0.888. The fourth-order valence-corrected chi connectivity index (χ4v) is 4.13. The van der Waals surface area contributed by atoms with Crippen LogP contribution in [0.2, 0.25) is 0 Å². The molecule has 0 saturated carbocycles. The molecule has 166 valence electrons. The van der Waals surface area contributed by atoms with E-state index in [2.05, 4.69) is 20.9 Å². The number of hydrogen-bond acceptors (Lipinski definition) is 4. The van der Waals surface area contributed by atoms with Crippen molar-refractivity contribution in [1.82, 2.24) is 4.98 Å². The average molecular weight is 505 g/mol. The number of halogens is 1. The molecule has 1 amide bonds. The van der Waals surface area contributed by atoms with E-state index in [1.807, 2.05) is 37.3 Å². The van der Waals surface area contributed by atoms with Gasteiger partial charge in [-0.3, -0.25) is 4.79 Å². The number of aromatic carboxylic acids is 1. The Kier molecular flexibility index (Phi) is 6.42. The summed E-state index contributed by atoms with van der Waals surface area (Å²) in [4.78, 5) is 28.7.